The molecule has 5 atom stereocenters. The van der Waals surface area contributed by atoms with E-state index in [1.54, 1.807) is 0 Å². The molecule has 0 amide bonds. The molecule has 18 heteroatoms. The highest BCUT2D eigenvalue weighted by molar-refractivity contribution is 7.47. The lowest BCUT2D eigenvalue weighted by Gasteiger charge is -2.21. The minimum Gasteiger partial charge on any atom is -0.463 e. The summed E-state index contributed by atoms with van der Waals surface area (Å²) in [7, 11) is -9.82. The molecule has 4 N–H and O–H groups in total. The summed E-state index contributed by atoms with van der Waals surface area (Å²) >= 11 is 0. The lowest BCUT2D eigenvalue weighted by molar-refractivity contribution is -0.161. The summed E-state index contributed by atoms with van der Waals surface area (Å²) in [6.07, 6.45) is 137. The molecule has 0 aromatic heterocycles. The van der Waals surface area contributed by atoms with Gasteiger partial charge in [0, 0.05) is 19.3 Å². The third kappa shape index (κ3) is 105. The highest BCUT2D eigenvalue weighted by atomic mass is 31.2. The van der Waals surface area contributed by atoms with Crippen molar-refractivity contribution >= 4 is 33.6 Å². The molecule has 754 valence electrons. The first-order chi connectivity index (χ1) is 64.2. The molecule has 0 saturated heterocycles. The third-order valence-electron chi connectivity index (χ3n) is 22.9. The first-order valence-electron chi connectivity index (χ1n) is 53.4. The van der Waals surface area contributed by atoms with Crippen LogP contribution < -0.4 is 0 Å². The molecule has 5 unspecified atom stereocenters. The minimum absolute atomic E-state index is 0.0965. The van der Waals surface area contributed by atoms with Crippen molar-refractivity contribution in [2.75, 3.05) is 39.6 Å². The number of aliphatic hydroxyl groups excluding tert-OH is 2. The zero-order chi connectivity index (χ0) is 95.0. The summed E-state index contributed by atoms with van der Waals surface area (Å²) in [4.78, 5) is 59.3. The Bertz CT molecular complexity index is 3060. The molecule has 16 nitrogen and oxygen atoms in total. The van der Waals surface area contributed by atoms with Gasteiger partial charge in [0.15, 0.2) is 6.10 Å². The Morgan fingerprint density at radius 3 is 0.641 bits per heavy atom. The topological polar surface area (TPSA) is 231 Å². The molecule has 0 radical (unpaired) electrons. The van der Waals surface area contributed by atoms with Crippen LogP contribution in [-0.2, 0) is 55.8 Å². The van der Waals surface area contributed by atoms with Crippen molar-refractivity contribution in [3.8, 4) is 0 Å². The van der Waals surface area contributed by atoms with E-state index in [1.165, 1.54) is 263 Å². The number of phosphoric ester groups is 2. The second-order valence-corrected chi connectivity index (χ2v) is 38.6. The average molecular weight is 1870 g/mol. The van der Waals surface area contributed by atoms with Crippen molar-refractivity contribution in [2.24, 2.45) is 0 Å². The number of esters is 3. The number of carbonyl (C=O) groups is 3. The second kappa shape index (κ2) is 104. The fourth-order valence-electron chi connectivity index (χ4n) is 14.8. The first kappa shape index (κ1) is 126. The predicted molar refractivity (Wildman–Crippen MR) is 555 cm³/mol. The standard InChI is InChI=1S/C113H196O16P2/c1-4-7-10-13-16-19-22-25-28-31-34-37-40-43-45-47-49-51-53-55-57-59-61-64-66-69-72-75-78-81-84-87-90-93-96-99-111(116)123-102-108(114)103-125-130(119,120)126-104-109(115)105-127-131(121,122)128-107-110(129-113(118)101-98-95-92-89-86-83-80-77-74-71-68-63-42-39-36-33-30-27-24-21-18-15-12-9-6-3)106-124-112(117)100-97-94-91-88-85-82-79-76-73-70-67-65-62-60-58-56-54-52-50-48-46-44-41-38-35-32-29-26-23-20-17-14-11-8-5-2/h7,10,16-21,25-30,34-39,43-46,49,51,63,68,108-110,114-115H,4-6,8-9,11-15,22-24,31-33,40-42,47-48,50,52-62,64-67,69-107H2,1-3H3,(H,119,120)(H,121,122)/b10-7-,19-16-,20-17-,21-18-,28-25-,29-26-,30-27-,37-34-,38-35-,39-36-,45-43-,46-44-,51-49-,68-63-. The van der Waals surface area contributed by atoms with E-state index >= 15 is 0 Å². The molecule has 0 saturated carbocycles. The Balaban J connectivity index is 4.56. The summed E-state index contributed by atoms with van der Waals surface area (Å²) in [5, 5.41) is 20.8. The largest absolute Gasteiger partial charge is 0.472 e. The number of unbranched alkanes of at least 4 members (excludes halogenated alkanes) is 50. The van der Waals surface area contributed by atoms with E-state index < -0.39 is 91.5 Å². The minimum atomic E-state index is -4.95. The Kier molecular flexibility index (Phi) is 99.8. The molecule has 0 bridgehead atoms. The highest BCUT2D eigenvalue weighted by Gasteiger charge is 2.30. The number of hydrogen-bond donors (Lipinski definition) is 4. The Labute approximate surface area is 803 Å². The summed E-state index contributed by atoms with van der Waals surface area (Å²) in [6.45, 7) is 2.59. The lowest BCUT2D eigenvalue weighted by Crippen LogP contribution is -2.30. The number of ether oxygens (including phenoxy) is 3. The fourth-order valence-corrected chi connectivity index (χ4v) is 16.4. The van der Waals surface area contributed by atoms with Gasteiger partial charge in [0.2, 0.25) is 0 Å². The van der Waals surface area contributed by atoms with Gasteiger partial charge in [-0.05, 0) is 161 Å². The summed E-state index contributed by atoms with van der Waals surface area (Å²) in [5.74, 6) is -1.56. The molecular weight excluding hydrogens is 1680 g/mol. The molecule has 0 aliphatic heterocycles. The molecule has 131 heavy (non-hydrogen) atoms. The van der Waals surface area contributed by atoms with E-state index in [-0.39, 0.29) is 19.3 Å². The molecule has 0 spiro atoms. The molecule has 0 heterocycles. The van der Waals surface area contributed by atoms with E-state index in [9.17, 15) is 43.5 Å². The molecule has 0 fully saturated rings. The van der Waals surface area contributed by atoms with Gasteiger partial charge in [-0.2, -0.15) is 0 Å². The normalized spacial score (nSPS) is 14.3. The summed E-state index contributed by atoms with van der Waals surface area (Å²) in [6, 6.07) is 0. The Morgan fingerprint density at radius 1 is 0.221 bits per heavy atom. The van der Waals surface area contributed by atoms with Crippen molar-refractivity contribution < 1.29 is 75.8 Å². The van der Waals surface area contributed by atoms with Crippen LogP contribution in [0.4, 0.5) is 0 Å². The van der Waals surface area contributed by atoms with E-state index in [0.29, 0.717) is 19.3 Å². The molecule has 0 aliphatic carbocycles. The van der Waals surface area contributed by atoms with Gasteiger partial charge in [0.25, 0.3) is 0 Å². The SMILES string of the molecule is CC/C=C\C/C=C\C/C=C\C/C=C\C/C=C\C/C=C\CCCCCCCCCCCCCCCCCCC(=O)OCC(O)COP(=O)(O)OCC(O)COP(=O)(O)OCC(COC(=O)CCCCCCCCCCCCCCCCCCCCC/C=C\C/C=C\C/C=C\C/C=C\CCCCC)OC(=O)CCCCCCCCCCC/C=C\C/C=C\C/C=C\C/C=C\CCCCC. The van der Waals surface area contributed by atoms with Crippen LogP contribution in [0.2, 0.25) is 0 Å². The van der Waals surface area contributed by atoms with Gasteiger partial charge < -0.3 is 34.2 Å². The van der Waals surface area contributed by atoms with Crippen LogP contribution in [0.25, 0.3) is 0 Å². The van der Waals surface area contributed by atoms with Crippen LogP contribution in [0, 0.1) is 0 Å². The maximum atomic E-state index is 13.1. The zero-order valence-electron chi connectivity index (χ0n) is 83.7. The molecule has 0 aromatic carbocycles. The maximum Gasteiger partial charge on any atom is 0.472 e. The zero-order valence-corrected chi connectivity index (χ0v) is 85.5. The van der Waals surface area contributed by atoms with Crippen LogP contribution in [0.1, 0.15) is 470 Å². The van der Waals surface area contributed by atoms with E-state index in [2.05, 4.69) is 191 Å². The lowest BCUT2D eigenvalue weighted by atomic mass is 10.0. The van der Waals surface area contributed by atoms with Crippen molar-refractivity contribution in [1.82, 2.24) is 0 Å². The quantitative estimate of drug-likeness (QED) is 0.0146. The van der Waals surface area contributed by atoms with Gasteiger partial charge in [-0.25, -0.2) is 9.13 Å². The van der Waals surface area contributed by atoms with Crippen molar-refractivity contribution in [1.29, 1.82) is 0 Å². The number of hydrogen-bond acceptors (Lipinski definition) is 14. The van der Waals surface area contributed by atoms with E-state index in [4.69, 9.17) is 32.3 Å². The van der Waals surface area contributed by atoms with Crippen molar-refractivity contribution in [3.63, 3.8) is 0 Å². The molecule has 0 rings (SSSR count). The van der Waals surface area contributed by atoms with Gasteiger partial charge in [0.1, 0.15) is 25.4 Å². The second-order valence-electron chi connectivity index (χ2n) is 35.7. The fraction of sp³-hybridized carbons (Fsp3) is 0.726. The smallest absolute Gasteiger partial charge is 0.463 e. The van der Waals surface area contributed by atoms with Crippen LogP contribution in [0.5, 0.6) is 0 Å². The number of allylic oxidation sites excluding steroid dienone is 28. The van der Waals surface area contributed by atoms with Gasteiger partial charge in [-0.15, -0.1) is 0 Å². The van der Waals surface area contributed by atoms with Crippen LogP contribution in [-0.4, -0.2) is 95.9 Å². The monoisotopic (exact) mass is 1870 g/mol. The molecule has 0 aliphatic rings. The van der Waals surface area contributed by atoms with Gasteiger partial charge in [-0.3, -0.25) is 32.5 Å². The van der Waals surface area contributed by atoms with E-state index in [0.717, 1.165) is 148 Å². The number of carbonyl (C=O) groups excluding carboxylic acids is 3. The average Bonchev–Trinajstić information content (AvgIpc) is 0.898. The van der Waals surface area contributed by atoms with Gasteiger partial charge >= 0.3 is 33.6 Å². The van der Waals surface area contributed by atoms with Crippen LogP contribution in [0.15, 0.2) is 170 Å². The van der Waals surface area contributed by atoms with Crippen LogP contribution in [0.3, 0.4) is 0 Å². The summed E-state index contributed by atoms with van der Waals surface area (Å²) in [5.41, 5.74) is 0. The first-order valence-corrected chi connectivity index (χ1v) is 56.4. The molecular formula is C113H196O16P2. The number of rotatable bonds is 101. The number of phosphoric acid groups is 2. The summed E-state index contributed by atoms with van der Waals surface area (Å²) < 4.78 is 61.8. The van der Waals surface area contributed by atoms with Crippen molar-refractivity contribution in [3.05, 3.63) is 170 Å². The number of aliphatic hydroxyl groups is 2. The maximum absolute atomic E-state index is 13.1. The van der Waals surface area contributed by atoms with Gasteiger partial charge in [0.05, 0.1) is 26.4 Å². The highest BCUT2D eigenvalue weighted by Crippen LogP contribution is 2.45. The van der Waals surface area contributed by atoms with Gasteiger partial charge in [-0.1, -0.05) is 461 Å². The van der Waals surface area contributed by atoms with Crippen molar-refractivity contribution in [2.45, 2.75) is 489 Å². The third-order valence-corrected chi connectivity index (χ3v) is 24.8. The van der Waals surface area contributed by atoms with E-state index in [1.807, 2.05) is 0 Å². The predicted octanol–water partition coefficient (Wildman–Crippen LogP) is 34.1. The van der Waals surface area contributed by atoms with Crippen LogP contribution >= 0.6 is 15.6 Å². The molecule has 0 aromatic rings. The Hall–Kier alpha value is -5.09. The Morgan fingerprint density at radius 2 is 0.405 bits per heavy atom.